The Kier molecular flexibility index (Phi) is 53.4. The summed E-state index contributed by atoms with van der Waals surface area (Å²) in [5.41, 5.74) is 0. The minimum absolute atomic E-state index is 0.103. The molecular formula is C63H104O6. The molecule has 0 aromatic carbocycles. The van der Waals surface area contributed by atoms with E-state index in [0.717, 1.165) is 135 Å². The number of ether oxygens (including phenoxy) is 3. The molecule has 0 aliphatic rings. The van der Waals surface area contributed by atoms with Gasteiger partial charge in [0.1, 0.15) is 13.2 Å². The Morgan fingerprint density at radius 2 is 0.565 bits per heavy atom. The van der Waals surface area contributed by atoms with Crippen LogP contribution in [0.2, 0.25) is 0 Å². The summed E-state index contributed by atoms with van der Waals surface area (Å²) in [6, 6.07) is 0. The van der Waals surface area contributed by atoms with E-state index in [1.807, 2.05) is 0 Å². The molecule has 0 saturated heterocycles. The van der Waals surface area contributed by atoms with Crippen LogP contribution in [0.1, 0.15) is 252 Å². The lowest BCUT2D eigenvalue weighted by atomic mass is 10.1. The maximum Gasteiger partial charge on any atom is 0.306 e. The standard InChI is InChI=1S/C63H104O6/c1-4-7-10-13-16-19-22-25-28-30-31-33-36-39-42-45-48-51-54-57-63(66)69-60(58-67-61(64)55-52-49-46-43-40-37-34-27-24-21-18-15-12-9-6-3)59-68-62(65)56-53-50-47-44-41-38-35-32-29-26-23-20-17-14-11-8-5-2/h9,12,16-21,25-29,31,33-34,39,42,60H,4-8,10-11,13-15,22-24,30,32,35-38,40-41,43-59H2,1-3H3/b12-9-,19-16-,20-17-,21-18-,28-25-,29-26-,33-31-,34-27-,42-39-/t60-/m1/s1. The van der Waals surface area contributed by atoms with Gasteiger partial charge in [-0.05, 0) is 128 Å². The monoisotopic (exact) mass is 957 g/mol. The Morgan fingerprint density at radius 1 is 0.304 bits per heavy atom. The predicted molar refractivity (Wildman–Crippen MR) is 297 cm³/mol. The van der Waals surface area contributed by atoms with Gasteiger partial charge in [0.25, 0.3) is 0 Å². The highest BCUT2D eigenvalue weighted by molar-refractivity contribution is 5.71. The number of carbonyl (C=O) groups excluding carboxylic acids is 3. The number of hydrogen-bond acceptors (Lipinski definition) is 6. The van der Waals surface area contributed by atoms with E-state index < -0.39 is 6.10 Å². The Bertz CT molecular complexity index is 1420. The van der Waals surface area contributed by atoms with Gasteiger partial charge in [-0.3, -0.25) is 14.4 Å². The van der Waals surface area contributed by atoms with E-state index in [4.69, 9.17) is 14.2 Å². The summed E-state index contributed by atoms with van der Waals surface area (Å²) in [7, 11) is 0. The van der Waals surface area contributed by atoms with Crippen LogP contribution in [0, 0.1) is 0 Å². The van der Waals surface area contributed by atoms with Crippen LogP contribution in [0.25, 0.3) is 0 Å². The minimum atomic E-state index is -0.808. The van der Waals surface area contributed by atoms with Crippen LogP contribution in [0.3, 0.4) is 0 Å². The predicted octanol–water partition coefficient (Wildman–Crippen LogP) is 19.1. The SMILES string of the molecule is CC/C=C\C/C=C\C/C=C\CCCCCCCC(=O)OC[C@H](COC(=O)CCCCCCCCC/C=C\C/C=C\CCCCC)OC(=O)CCCCC/C=C\C/C=C\C/C=C\C/C=C\CCCCC. The topological polar surface area (TPSA) is 78.9 Å². The first-order valence-electron chi connectivity index (χ1n) is 28.4. The first-order chi connectivity index (χ1) is 34.0. The molecule has 0 aliphatic carbocycles. The van der Waals surface area contributed by atoms with Gasteiger partial charge in [0.2, 0.25) is 0 Å². The number of carbonyl (C=O) groups is 3. The molecule has 6 heteroatoms. The molecule has 0 saturated carbocycles. The number of hydrogen-bond donors (Lipinski definition) is 0. The van der Waals surface area contributed by atoms with Crippen molar-refractivity contribution in [1.29, 1.82) is 0 Å². The van der Waals surface area contributed by atoms with Gasteiger partial charge in [-0.2, -0.15) is 0 Å². The van der Waals surface area contributed by atoms with Gasteiger partial charge in [0, 0.05) is 19.3 Å². The molecule has 1 atom stereocenters. The summed E-state index contributed by atoms with van der Waals surface area (Å²) in [4.78, 5) is 38.2. The van der Waals surface area contributed by atoms with E-state index in [1.54, 1.807) is 0 Å². The molecule has 0 amide bonds. The van der Waals surface area contributed by atoms with E-state index in [2.05, 4.69) is 130 Å². The summed E-state index contributed by atoms with van der Waals surface area (Å²) >= 11 is 0. The number of allylic oxidation sites excluding steroid dienone is 18. The molecule has 6 nitrogen and oxygen atoms in total. The molecule has 392 valence electrons. The average molecular weight is 958 g/mol. The van der Waals surface area contributed by atoms with Crippen LogP contribution in [0.15, 0.2) is 109 Å². The normalized spacial score (nSPS) is 12.9. The molecule has 0 radical (unpaired) electrons. The number of rotatable bonds is 50. The second-order valence-corrected chi connectivity index (χ2v) is 18.5. The van der Waals surface area contributed by atoms with Crippen LogP contribution in [-0.2, 0) is 28.6 Å². The molecule has 0 aromatic heterocycles. The fraction of sp³-hybridized carbons (Fsp3) is 0.667. The van der Waals surface area contributed by atoms with Crippen LogP contribution < -0.4 is 0 Å². The van der Waals surface area contributed by atoms with Crippen molar-refractivity contribution < 1.29 is 28.6 Å². The Labute approximate surface area is 425 Å². The highest BCUT2D eigenvalue weighted by atomic mass is 16.6. The fourth-order valence-corrected chi connectivity index (χ4v) is 7.47. The first-order valence-corrected chi connectivity index (χ1v) is 28.4. The van der Waals surface area contributed by atoms with Crippen LogP contribution in [-0.4, -0.2) is 37.2 Å². The summed E-state index contributed by atoms with van der Waals surface area (Å²) in [5.74, 6) is -0.959. The van der Waals surface area contributed by atoms with E-state index in [0.29, 0.717) is 12.8 Å². The van der Waals surface area contributed by atoms with Crippen molar-refractivity contribution in [3.8, 4) is 0 Å². The zero-order chi connectivity index (χ0) is 50.0. The molecule has 0 fully saturated rings. The zero-order valence-corrected chi connectivity index (χ0v) is 44.8. The Morgan fingerprint density at radius 3 is 0.899 bits per heavy atom. The zero-order valence-electron chi connectivity index (χ0n) is 44.8. The second-order valence-electron chi connectivity index (χ2n) is 18.5. The largest absolute Gasteiger partial charge is 0.462 e. The molecular weight excluding hydrogens is 853 g/mol. The first kappa shape index (κ1) is 65.1. The number of esters is 3. The van der Waals surface area contributed by atoms with Crippen LogP contribution in [0.4, 0.5) is 0 Å². The minimum Gasteiger partial charge on any atom is -0.462 e. The van der Waals surface area contributed by atoms with Gasteiger partial charge in [-0.25, -0.2) is 0 Å². The molecule has 0 aromatic rings. The summed E-state index contributed by atoms with van der Waals surface area (Å²) in [6.07, 6.45) is 76.4. The number of unbranched alkanes of at least 4 members (excludes halogenated alkanes) is 21. The molecule has 0 heterocycles. The highest BCUT2D eigenvalue weighted by Crippen LogP contribution is 2.13. The molecule has 0 spiro atoms. The van der Waals surface area contributed by atoms with E-state index >= 15 is 0 Å². The maximum absolute atomic E-state index is 12.9. The Balaban J connectivity index is 4.50. The summed E-state index contributed by atoms with van der Waals surface area (Å²) in [6.45, 7) is 6.43. The van der Waals surface area contributed by atoms with Crippen molar-refractivity contribution >= 4 is 17.9 Å². The van der Waals surface area contributed by atoms with Gasteiger partial charge in [0.15, 0.2) is 6.10 Å². The quantitative estimate of drug-likeness (QED) is 0.0262. The lowest BCUT2D eigenvalue weighted by Crippen LogP contribution is -2.30. The highest BCUT2D eigenvalue weighted by Gasteiger charge is 2.19. The van der Waals surface area contributed by atoms with Crippen molar-refractivity contribution in [1.82, 2.24) is 0 Å². The molecule has 69 heavy (non-hydrogen) atoms. The lowest BCUT2D eigenvalue weighted by Gasteiger charge is -2.18. The molecule has 0 rings (SSSR count). The van der Waals surface area contributed by atoms with Gasteiger partial charge in [-0.1, -0.05) is 214 Å². The van der Waals surface area contributed by atoms with Crippen molar-refractivity contribution in [3.05, 3.63) is 109 Å². The van der Waals surface area contributed by atoms with Gasteiger partial charge in [-0.15, -0.1) is 0 Å². The van der Waals surface area contributed by atoms with Crippen molar-refractivity contribution in [2.24, 2.45) is 0 Å². The van der Waals surface area contributed by atoms with Crippen molar-refractivity contribution in [2.75, 3.05) is 13.2 Å². The van der Waals surface area contributed by atoms with E-state index in [-0.39, 0.29) is 37.5 Å². The second kappa shape index (κ2) is 56.7. The van der Waals surface area contributed by atoms with Crippen LogP contribution in [0.5, 0.6) is 0 Å². The van der Waals surface area contributed by atoms with E-state index in [9.17, 15) is 14.4 Å². The smallest absolute Gasteiger partial charge is 0.306 e. The molecule has 0 bridgehead atoms. The van der Waals surface area contributed by atoms with Gasteiger partial charge in [0.05, 0.1) is 0 Å². The molecule has 0 N–H and O–H groups in total. The fourth-order valence-electron chi connectivity index (χ4n) is 7.47. The van der Waals surface area contributed by atoms with Gasteiger partial charge < -0.3 is 14.2 Å². The van der Waals surface area contributed by atoms with Gasteiger partial charge >= 0.3 is 17.9 Å². The average Bonchev–Trinajstić information content (AvgIpc) is 3.35. The third-order valence-electron chi connectivity index (χ3n) is 11.7. The van der Waals surface area contributed by atoms with Crippen molar-refractivity contribution in [3.63, 3.8) is 0 Å². The summed E-state index contributed by atoms with van der Waals surface area (Å²) < 4.78 is 16.8. The summed E-state index contributed by atoms with van der Waals surface area (Å²) in [5, 5.41) is 0. The third kappa shape index (κ3) is 54.9. The van der Waals surface area contributed by atoms with E-state index in [1.165, 1.54) is 77.0 Å². The maximum atomic E-state index is 12.9. The molecule has 0 unspecified atom stereocenters. The lowest BCUT2D eigenvalue weighted by molar-refractivity contribution is -0.167. The molecule has 0 aliphatic heterocycles. The van der Waals surface area contributed by atoms with Crippen LogP contribution >= 0.6 is 0 Å². The third-order valence-corrected chi connectivity index (χ3v) is 11.7. The Hall–Kier alpha value is -3.93. The van der Waals surface area contributed by atoms with Crippen molar-refractivity contribution in [2.45, 2.75) is 258 Å².